The third-order valence-corrected chi connectivity index (χ3v) is 12.1. The van der Waals surface area contributed by atoms with E-state index in [1.54, 1.807) is 6.92 Å². The van der Waals surface area contributed by atoms with Crippen molar-refractivity contribution in [3.05, 3.63) is 34.3 Å². The van der Waals surface area contributed by atoms with Crippen LogP contribution in [0.15, 0.2) is 34.3 Å². The Morgan fingerprint density at radius 1 is 1.06 bits per heavy atom. The number of aliphatic hydroxyl groups excluding tert-OH is 2. The number of hydrogen-bond acceptors (Lipinski definition) is 4. The molecule has 5 aliphatic rings. The van der Waals surface area contributed by atoms with Crippen molar-refractivity contribution in [3.8, 4) is 0 Å². The van der Waals surface area contributed by atoms with Crippen molar-refractivity contribution in [2.24, 2.45) is 45.3 Å². The van der Waals surface area contributed by atoms with E-state index in [0.29, 0.717) is 36.7 Å². The number of allylic oxidation sites excluding steroid dienone is 4. The Morgan fingerprint density at radius 3 is 2.38 bits per heavy atom. The maximum absolute atomic E-state index is 12.8. The van der Waals surface area contributed by atoms with E-state index < -0.39 is 28.3 Å². The van der Waals surface area contributed by atoms with Crippen LogP contribution in [0.3, 0.4) is 0 Å². The Morgan fingerprint density at radius 2 is 1.74 bits per heavy atom. The molecule has 0 unspecified atom stereocenters. The number of aliphatic carboxylic acids is 1. The average molecular weight is 469 g/mol. The number of carboxylic acid groups (broad SMARTS) is 1. The predicted octanol–water partition coefficient (Wildman–Crippen LogP) is 6.52. The molecule has 0 spiro atoms. The van der Waals surface area contributed by atoms with Crippen LogP contribution >= 0.6 is 0 Å². The highest BCUT2D eigenvalue weighted by Gasteiger charge is 2.68. The fraction of sp³-hybridized carbons (Fsp3) is 0.724. The first-order chi connectivity index (χ1) is 15.8. The second-order valence-electron chi connectivity index (χ2n) is 12.8. The Balaban J connectivity index is 1.69. The SMILES string of the molecule is CC1=C2CC[C@]3(C)[C@H](CC=C4[C@@H]5[C@@H](C)[C@H](C)CC[C@]5(C(=O)O)CC[C@]43C)[C@@]2(C)C(O)=C(O)C1=O. The molecule has 0 aromatic heterocycles. The fourth-order valence-electron chi connectivity index (χ4n) is 9.49. The molecule has 3 N–H and O–H groups in total. The minimum Gasteiger partial charge on any atom is -0.507 e. The molecule has 0 aromatic carbocycles. The standard InChI is InChI=1S/C29H40O5/c1-15-9-12-29(25(33)34)14-13-26(4)19(21(29)16(15)2)7-8-20-27(26,5)11-10-18-17(3)22(30)23(31)24(32)28(18,20)6/h7,15-16,20-21,31-32H,8-14H2,1-6H3,(H,33,34)/t15-,16+,20+,21+,26-,27-,28+,29+/m1/s1. The molecule has 0 saturated heterocycles. The predicted molar refractivity (Wildman–Crippen MR) is 130 cm³/mol. The summed E-state index contributed by atoms with van der Waals surface area (Å²) in [6.45, 7) is 13.0. The van der Waals surface area contributed by atoms with Gasteiger partial charge in [-0.2, -0.15) is 0 Å². The largest absolute Gasteiger partial charge is 0.507 e. The van der Waals surface area contributed by atoms with Gasteiger partial charge in [0.25, 0.3) is 0 Å². The molecule has 5 aliphatic carbocycles. The number of carboxylic acids is 1. The summed E-state index contributed by atoms with van der Waals surface area (Å²) in [4.78, 5) is 25.4. The molecule has 0 aromatic rings. The maximum atomic E-state index is 12.8. The van der Waals surface area contributed by atoms with Crippen LogP contribution in [0.4, 0.5) is 0 Å². The molecule has 0 radical (unpaired) electrons. The van der Waals surface area contributed by atoms with Gasteiger partial charge in [-0.3, -0.25) is 9.59 Å². The summed E-state index contributed by atoms with van der Waals surface area (Å²) in [6.07, 6.45) is 7.85. The molecule has 3 saturated carbocycles. The lowest BCUT2D eigenvalue weighted by Gasteiger charge is -2.68. The van der Waals surface area contributed by atoms with E-state index in [1.165, 1.54) is 5.57 Å². The molecular formula is C29H40O5. The lowest BCUT2D eigenvalue weighted by molar-refractivity contribution is -0.168. The molecule has 5 nitrogen and oxygen atoms in total. The van der Waals surface area contributed by atoms with Gasteiger partial charge < -0.3 is 15.3 Å². The van der Waals surface area contributed by atoms with Crippen LogP contribution < -0.4 is 0 Å². The second-order valence-corrected chi connectivity index (χ2v) is 12.8. The number of rotatable bonds is 1. The summed E-state index contributed by atoms with van der Waals surface area (Å²) in [5, 5.41) is 32.3. The lowest BCUT2D eigenvalue weighted by atomic mass is 9.35. The fourth-order valence-corrected chi connectivity index (χ4v) is 9.49. The third kappa shape index (κ3) is 2.47. The highest BCUT2D eigenvalue weighted by Crippen LogP contribution is 2.74. The maximum Gasteiger partial charge on any atom is 0.310 e. The zero-order chi connectivity index (χ0) is 25.0. The van der Waals surface area contributed by atoms with Gasteiger partial charge in [-0.05, 0) is 98.9 Å². The number of carbonyl (C=O) groups is 2. The summed E-state index contributed by atoms with van der Waals surface area (Å²) >= 11 is 0. The van der Waals surface area contributed by atoms with E-state index in [1.807, 2.05) is 6.92 Å². The first-order valence-corrected chi connectivity index (χ1v) is 13.1. The molecule has 186 valence electrons. The molecule has 0 heterocycles. The average Bonchev–Trinajstić information content (AvgIpc) is 2.79. The first kappa shape index (κ1) is 23.7. The Kier molecular flexibility index (Phi) is 4.88. The van der Waals surface area contributed by atoms with Gasteiger partial charge in [0.15, 0.2) is 0 Å². The van der Waals surface area contributed by atoms with Crippen LogP contribution in [0.25, 0.3) is 0 Å². The van der Waals surface area contributed by atoms with Gasteiger partial charge in [-0.25, -0.2) is 0 Å². The minimum absolute atomic E-state index is 0.0244. The topological polar surface area (TPSA) is 94.8 Å². The van der Waals surface area contributed by atoms with Crippen LogP contribution in [0, 0.1) is 45.3 Å². The van der Waals surface area contributed by atoms with Crippen molar-refractivity contribution < 1.29 is 24.9 Å². The van der Waals surface area contributed by atoms with Crippen molar-refractivity contribution >= 4 is 11.8 Å². The number of ketones is 1. The Hall–Kier alpha value is -2.04. The highest BCUT2D eigenvalue weighted by atomic mass is 16.4. The summed E-state index contributed by atoms with van der Waals surface area (Å²) in [5.41, 5.74) is 1.02. The van der Waals surface area contributed by atoms with Crippen LogP contribution in [0.5, 0.6) is 0 Å². The summed E-state index contributed by atoms with van der Waals surface area (Å²) in [5.74, 6) is -0.933. The van der Waals surface area contributed by atoms with E-state index in [0.717, 1.165) is 31.3 Å². The van der Waals surface area contributed by atoms with Crippen molar-refractivity contribution in [3.63, 3.8) is 0 Å². The quantitative estimate of drug-likeness (QED) is 0.381. The molecule has 3 fully saturated rings. The molecule has 0 amide bonds. The van der Waals surface area contributed by atoms with E-state index in [2.05, 4.69) is 33.8 Å². The zero-order valence-corrected chi connectivity index (χ0v) is 21.5. The number of carbonyl (C=O) groups excluding carboxylic acids is 1. The molecular weight excluding hydrogens is 428 g/mol. The van der Waals surface area contributed by atoms with Crippen molar-refractivity contribution in [1.82, 2.24) is 0 Å². The first-order valence-electron chi connectivity index (χ1n) is 13.1. The van der Waals surface area contributed by atoms with E-state index in [9.17, 15) is 24.9 Å². The van der Waals surface area contributed by atoms with E-state index in [-0.39, 0.29) is 28.4 Å². The van der Waals surface area contributed by atoms with Crippen LogP contribution in [-0.4, -0.2) is 27.1 Å². The van der Waals surface area contributed by atoms with E-state index in [4.69, 9.17) is 0 Å². The lowest BCUT2D eigenvalue weighted by Crippen LogP contribution is -2.62. The number of fused-ring (bicyclic) bond motifs is 7. The number of Topliss-reactive ketones (excluding diaryl/α,β-unsaturated/α-hetero) is 1. The summed E-state index contributed by atoms with van der Waals surface area (Å²) in [6, 6.07) is 0. The van der Waals surface area contributed by atoms with Crippen LogP contribution in [0.2, 0.25) is 0 Å². The van der Waals surface area contributed by atoms with Gasteiger partial charge in [-0.1, -0.05) is 39.3 Å². The van der Waals surface area contributed by atoms with Crippen molar-refractivity contribution in [2.75, 3.05) is 0 Å². The smallest absolute Gasteiger partial charge is 0.310 e. The monoisotopic (exact) mass is 468 g/mol. The molecule has 5 heteroatoms. The van der Waals surface area contributed by atoms with Gasteiger partial charge >= 0.3 is 5.97 Å². The molecule has 0 aliphatic heterocycles. The van der Waals surface area contributed by atoms with Crippen LogP contribution in [0.1, 0.15) is 86.5 Å². The molecule has 8 atom stereocenters. The van der Waals surface area contributed by atoms with Crippen molar-refractivity contribution in [1.29, 1.82) is 0 Å². The third-order valence-electron chi connectivity index (χ3n) is 12.1. The van der Waals surface area contributed by atoms with Gasteiger partial charge in [0.1, 0.15) is 5.76 Å². The van der Waals surface area contributed by atoms with E-state index >= 15 is 0 Å². The Labute approximate surface area is 203 Å². The Bertz CT molecular complexity index is 1080. The normalized spacial score (nSPS) is 48.4. The second kappa shape index (κ2) is 7.01. The van der Waals surface area contributed by atoms with Gasteiger partial charge in [-0.15, -0.1) is 0 Å². The summed E-state index contributed by atoms with van der Waals surface area (Å²) < 4.78 is 0. The van der Waals surface area contributed by atoms with Gasteiger partial charge in [0.05, 0.1) is 10.8 Å². The molecule has 5 rings (SSSR count). The zero-order valence-electron chi connectivity index (χ0n) is 21.5. The van der Waals surface area contributed by atoms with Crippen molar-refractivity contribution in [2.45, 2.75) is 86.5 Å². The highest BCUT2D eigenvalue weighted by molar-refractivity contribution is 6.08. The minimum atomic E-state index is -0.785. The number of hydrogen-bond donors (Lipinski definition) is 3. The van der Waals surface area contributed by atoms with Gasteiger partial charge in [0, 0.05) is 5.57 Å². The molecule has 0 bridgehead atoms. The number of aliphatic hydroxyl groups is 2. The van der Waals surface area contributed by atoms with Crippen LogP contribution in [-0.2, 0) is 9.59 Å². The molecule has 34 heavy (non-hydrogen) atoms. The van der Waals surface area contributed by atoms with Gasteiger partial charge in [0.2, 0.25) is 11.5 Å². The summed E-state index contributed by atoms with van der Waals surface area (Å²) in [7, 11) is 0.